The highest BCUT2D eigenvalue weighted by atomic mass is 16.5. The second-order valence-corrected chi connectivity index (χ2v) is 3.85. The predicted molar refractivity (Wildman–Crippen MR) is 70.3 cm³/mol. The molecule has 17 heavy (non-hydrogen) atoms. The number of aliphatic hydroxyl groups is 1. The average molecular weight is 235 g/mol. The number of nitrogens with one attached hydrogen (secondary N) is 1. The molecule has 0 bridgehead atoms. The summed E-state index contributed by atoms with van der Waals surface area (Å²) in [6.45, 7) is 3.45. The molecule has 0 aromatic heterocycles. The van der Waals surface area contributed by atoms with Gasteiger partial charge in [0.2, 0.25) is 0 Å². The molecule has 0 fully saturated rings. The Labute approximate surface area is 103 Å². The minimum absolute atomic E-state index is 0.490. The van der Waals surface area contributed by atoms with Gasteiger partial charge < -0.3 is 15.2 Å². The van der Waals surface area contributed by atoms with E-state index in [9.17, 15) is 5.11 Å². The number of aliphatic hydroxyl groups excluding tert-OH is 1. The molecule has 3 heteroatoms. The first-order valence-corrected chi connectivity index (χ1v) is 5.91. The summed E-state index contributed by atoms with van der Waals surface area (Å²) in [6.07, 6.45) is 4.63. The molecule has 94 valence electrons. The number of ether oxygens (including phenoxy) is 1. The molecular formula is C14H21NO2. The fourth-order valence-electron chi connectivity index (χ4n) is 1.56. The van der Waals surface area contributed by atoms with Crippen molar-refractivity contribution in [3.63, 3.8) is 0 Å². The molecule has 3 nitrogen and oxygen atoms in total. The second-order valence-electron chi connectivity index (χ2n) is 3.85. The summed E-state index contributed by atoms with van der Waals surface area (Å²) < 4.78 is 5.12. The summed E-state index contributed by atoms with van der Waals surface area (Å²) >= 11 is 0. The first-order chi connectivity index (χ1) is 8.27. The van der Waals surface area contributed by atoms with Crippen molar-refractivity contribution in [3.05, 3.63) is 42.0 Å². The van der Waals surface area contributed by atoms with Crippen LogP contribution in [0.4, 0.5) is 0 Å². The van der Waals surface area contributed by atoms with Crippen molar-refractivity contribution >= 4 is 0 Å². The second kappa shape index (κ2) is 7.87. The van der Waals surface area contributed by atoms with E-state index in [4.69, 9.17) is 4.74 Å². The Morgan fingerprint density at radius 3 is 3.00 bits per heavy atom. The Bertz CT molecular complexity index is 350. The third-order valence-electron chi connectivity index (χ3n) is 2.54. The molecule has 0 spiro atoms. The maximum absolute atomic E-state index is 9.96. The third kappa shape index (κ3) is 5.02. The maximum Gasteiger partial charge on any atom is 0.119 e. The molecule has 0 radical (unpaired) electrons. The van der Waals surface area contributed by atoms with E-state index in [0.717, 1.165) is 24.3 Å². The first kappa shape index (κ1) is 13.7. The van der Waals surface area contributed by atoms with Gasteiger partial charge in [-0.1, -0.05) is 24.3 Å². The van der Waals surface area contributed by atoms with Crippen LogP contribution in [0.15, 0.2) is 36.4 Å². The number of hydrogen-bond acceptors (Lipinski definition) is 3. The van der Waals surface area contributed by atoms with Gasteiger partial charge in [-0.25, -0.2) is 0 Å². The molecule has 1 aromatic carbocycles. The van der Waals surface area contributed by atoms with Crippen LogP contribution in [-0.2, 0) is 0 Å². The van der Waals surface area contributed by atoms with Crippen LogP contribution in [0, 0.1) is 0 Å². The highest BCUT2D eigenvalue weighted by molar-refractivity contribution is 5.29. The van der Waals surface area contributed by atoms with Gasteiger partial charge in [-0.3, -0.25) is 0 Å². The molecule has 1 rings (SSSR count). The Kier molecular flexibility index (Phi) is 6.37. The van der Waals surface area contributed by atoms with E-state index in [0.29, 0.717) is 6.54 Å². The Morgan fingerprint density at radius 1 is 1.47 bits per heavy atom. The number of allylic oxidation sites excluding steroid dienone is 1. The first-order valence-electron chi connectivity index (χ1n) is 5.91. The summed E-state index contributed by atoms with van der Waals surface area (Å²) in [6, 6.07) is 7.52. The summed E-state index contributed by atoms with van der Waals surface area (Å²) in [5.74, 6) is 0.774. The zero-order valence-corrected chi connectivity index (χ0v) is 10.5. The van der Waals surface area contributed by atoms with Crippen molar-refractivity contribution in [3.8, 4) is 5.75 Å². The summed E-state index contributed by atoms with van der Waals surface area (Å²) in [4.78, 5) is 0. The minimum Gasteiger partial charge on any atom is -0.497 e. The number of hydrogen-bond donors (Lipinski definition) is 2. The van der Waals surface area contributed by atoms with Crippen molar-refractivity contribution in [1.82, 2.24) is 5.32 Å². The standard InChI is InChI=1S/C14H21NO2/c1-3-4-5-9-15-11-14(16)12-7-6-8-13(10-12)17-2/h3-4,6-8,10,14-16H,5,9,11H2,1-2H3/b4-3+. The summed E-state index contributed by atoms with van der Waals surface area (Å²) in [7, 11) is 1.63. The fourth-order valence-corrected chi connectivity index (χ4v) is 1.56. The molecule has 0 aliphatic rings. The normalized spacial score (nSPS) is 12.9. The lowest BCUT2D eigenvalue weighted by atomic mass is 10.1. The fraction of sp³-hybridized carbons (Fsp3) is 0.429. The van der Waals surface area contributed by atoms with Crippen LogP contribution < -0.4 is 10.1 Å². The third-order valence-corrected chi connectivity index (χ3v) is 2.54. The topological polar surface area (TPSA) is 41.5 Å². The molecule has 0 amide bonds. The van der Waals surface area contributed by atoms with Gasteiger partial charge in [-0.15, -0.1) is 0 Å². The number of methoxy groups -OCH3 is 1. The Hall–Kier alpha value is -1.32. The predicted octanol–water partition coefficient (Wildman–Crippen LogP) is 2.28. The van der Waals surface area contributed by atoms with Crippen molar-refractivity contribution in [2.24, 2.45) is 0 Å². The summed E-state index contributed by atoms with van der Waals surface area (Å²) in [5.41, 5.74) is 0.878. The Morgan fingerprint density at radius 2 is 2.29 bits per heavy atom. The highest BCUT2D eigenvalue weighted by Crippen LogP contribution is 2.18. The van der Waals surface area contributed by atoms with Crippen molar-refractivity contribution < 1.29 is 9.84 Å². The number of rotatable bonds is 7. The molecule has 0 heterocycles. The van der Waals surface area contributed by atoms with Gasteiger partial charge in [0.05, 0.1) is 13.2 Å². The SMILES string of the molecule is C/C=C/CCNCC(O)c1cccc(OC)c1. The monoisotopic (exact) mass is 235 g/mol. The van der Waals surface area contributed by atoms with Gasteiger partial charge in [0, 0.05) is 6.54 Å². The van der Waals surface area contributed by atoms with Gasteiger partial charge in [-0.2, -0.15) is 0 Å². The van der Waals surface area contributed by atoms with Crippen molar-refractivity contribution in [2.75, 3.05) is 20.2 Å². The molecular weight excluding hydrogens is 214 g/mol. The molecule has 0 aliphatic carbocycles. The van der Waals surface area contributed by atoms with Crippen LogP contribution in [0.25, 0.3) is 0 Å². The van der Waals surface area contributed by atoms with Gasteiger partial charge in [0.25, 0.3) is 0 Å². The van der Waals surface area contributed by atoms with Gasteiger partial charge in [-0.05, 0) is 37.6 Å². The van der Waals surface area contributed by atoms with Gasteiger partial charge in [0.15, 0.2) is 0 Å². The largest absolute Gasteiger partial charge is 0.497 e. The lowest BCUT2D eigenvalue weighted by molar-refractivity contribution is 0.175. The van der Waals surface area contributed by atoms with E-state index in [1.165, 1.54) is 0 Å². The smallest absolute Gasteiger partial charge is 0.119 e. The van der Waals surface area contributed by atoms with Crippen molar-refractivity contribution in [2.45, 2.75) is 19.4 Å². The van der Waals surface area contributed by atoms with Crippen LogP contribution >= 0.6 is 0 Å². The molecule has 0 saturated carbocycles. The summed E-state index contributed by atoms with van der Waals surface area (Å²) in [5, 5.41) is 13.2. The van der Waals surface area contributed by atoms with Crippen LogP contribution in [0.3, 0.4) is 0 Å². The van der Waals surface area contributed by atoms with Crippen LogP contribution in [0.1, 0.15) is 25.0 Å². The Balaban J connectivity index is 2.38. The minimum atomic E-state index is -0.490. The molecule has 0 aliphatic heterocycles. The maximum atomic E-state index is 9.96. The van der Waals surface area contributed by atoms with Crippen LogP contribution in [0.2, 0.25) is 0 Å². The molecule has 0 saturated heterocycles. The lowest BCUT2D eigenvalue weighted by Crippen LogP contribution is -2.22. The van der Waals surface area contributed by atoms with Gasteiger partial charge >= 0.3 is 0 Å². The van der Waals surface area contributed by atoms with E-state index < -0.39 is 6.10 Å². The molecule has 1 aromatic rings. The molecule has 1 atom stereocenters. The number of benzene rings is 1. The zero-order chi connectivity index (χ0) is 12.5. The molecule has 1 unspecified atom stereocenters. The van der Waals surface area contributed by atoms with Crippen LogP contribution in [0.5, 0.6) is 5.75 Å². The van der Waals surface area contributed by atoms with Crippen LogP contribution in [-0.4, -0.2) is 25.3 Å². The zero-order valence-electron chi connectivity index (χ0n) is 10.5. The van der Waals surface area contributed by atoms with E-state index in [-0.39, 0.29) is 0 Å². The van der Waals surface area contributed by atoms with Crippen molar-refractivity contribution in [1.29, 1.82) is 0 Å². The molecule has 2 N–H and O–H groups in total. The van der Waals surface area contributed by atoms with E-state index >= 15 is 0 Å². The van der Waals surface area contributed by atoms with Gasteiger partial charge in [0.1, 0.15) is 5.75 Å². The highest BCUT2D eigenvalue weighted by Gasteiger charge is 2.07. The van der Waals surface area contributed by atoms with E-state index in [2.05, 4.69) is 11.4 Å². The quantitative estimate of drug-likeness (QED) is 0.563. The van der Waals surface area contributed by atoms with E-state index in [1.54, 1.807) is 7.11 Å². The van der Waals surface area contributed by atoms with E-state index in [1.807, 2.05) is 37.3 Å². The average Bonchev–Trinajstić information content (AvgIpc) is 2.38. The lowest BCUT2D eigenvalue weighted by Gasteiger charge is -2.12.